The van der Waals surface area contributed by atoms with Crippen molar-refractivity contribution in [2.75, 3.05) is 11.5 Å². The molecular formula is C41H33N3. The minimum atomic E-state index is -0.501. The highest BCUT2D eigenvalue weighted by atomic mass is 15.0. The van der Waals surface area contributed by atoms with Crippen LogP contribution in [0.1, 0.15) is 22.3 Å². The van der Waals surface area contributed by atoms with E-state index in [0.717, 1.165) is 39.6 Å². The summed E-state index contributed by atoms with van der Waals surface area (Å²) < 4.78 is 2.32. The first-order chi connectivity index (χ1) is 21.6. The summed E-state index contributed by atoms with van der Waals surface area (Å²) in [4.78, 5) is 0. The highest BCUT2D eigenvalue weighted by Crippen LogP contribution is 2.45. The van der Waals surface area contributed by atoms with Crippen LogP contribution in [-0.2, 0) is 5.41 Å². The van der Waals surface area contributed by atoms with Gasteiger partial charge in [-0.05, 0) is 81.9 Å². The predicted octanol–water partition coefficient (Wildman–Crippen LogP) is 9.36. The molecule has 0 atom stereocenters. The van der Waals surface area contributed by atoms with Crippen LogP contribution in [-0.4, -0.2) is 4.57 Å². The largest absolute Gasteiger partial charge is 0.399 e. The number of nitrogens with two attached hydrogens (primary N) is 2. The predicted molar refractivity (Wildman–Crippen MR) is 184 cm³/mol. The van der Waals surface area contributed by atoms with Crippen LogP contribution in [0.3, 0.4) is 0 Å². The number of anilines is 2. The van der Waals surface area contributed by atoms with Crippen molar-refractivity contribution in [3.63, 3.8) is 0 Å². The van der Waals surface area contributed by atoms with Gasteiger partial charge in [0.15, 0.2) is 0 Å². The molecule has 0 saturated carbocycles. The first-order valence-corrected chi connectivity index (χ1v) is 14.9. The monoisotopic (exact) mass is 567 g/mol. The van der Waals surface area contributed by atoms with Crippen molar-refractivity contribution in [3.8, 4) is 28.2 Å². The molecule has 0 fully saturated rings. The number of benzene rings is 6. The Labute approximate surface area is 258 Å². The molecule has 3 heteroatoms. The van der Waals surface area contributed by atoms with Crippen LogP contribution in [0.15, 0.2) is 176 Å². The number of nitrogens with zero attached hydrogens (tertiary/aromatic N) is 1. The van der Waals surface area contributed by atoms with Crippen LogP contribution in [0.2, 0.25) is 0 Å². The fourth-order valence-electron chi connectivity index (χ4n) is 6.40. The number of rotatable bonds is 7. The first kappa shape index (κ1) is 27.1. The molecule has 0 aliphatic rings. The second kappa shape index (κ2) is 11.5. The van der Waals surface area contributed by atoms with Crippen molar-refractivity contribution >= 4 is 11.4 Å². The maximum Gasteiger partial charge on any atom is 0.0701 e. The zero-order chi connectivity index (χ0) is 29.9. The van der Waals surface area contributed by atoms with Gasteiger partial charge < -0.3 is 16.0 Å². The lowest BCUT2D eigenvalue weighted by atomic mass is 9.65. The number of aromatic nitrogens is 1. The summed E-state index contributed by atoms with van der Waals surface area (Å²) in [5.41, 5.74) is 23.4. The third-order valence-corrected chi connectivity index (χ3v) is 8.47. The van der Waals surface area contributed by atoms with E-state index in [0.29, 0.717) is 0 Å². The topological polar surface area (TPSA) is 57.0 Å². The number of hydrogen-bond acceptors (Lipinski definition) is 2. The second-order valence-electron chi connectivity index (χ2n) is 11.1. The maximum atomic E-state index is 6.05. The lowest BCUT2D eigenvalue weighted by Gasteiger charge is -2.37. The van der Waals surface area contributed by atoms with E-state index in [1.165, 1.54) is 22.3 Å². The molecule has 6 aromatic carbocycles. The lowest BCUT2D eigenvalue weighted by molar-refractivity contribution is 0.744. The van der Waals surface area contributed by atoms with Crippen LogP contribution in [0, 0.1) is 0 Å². The molecule has 1 aromatic heterocycles. The van der Waals surface area contributed by atoms with Crippen LogP contribution in [0.4, 0.5) is 11.4 Å². The van der Waals surface area contributed by atoms with Gasteiger partial charge in [0.2, 0.25) is 0 Å². The molecule has 0 saturated heterocycles. The zero-order valence-electron chi connectivity index (χ0n) is 24.3. The highest BCUT2D eigenvalue weighted by molar-refractivity contribution is 5.75. The molecule has 4 N–H and O–H groups in total. The standard InChI is InChI=1S/C41H33N3/c42-36-22-16-30(17-23-36)39-28-29-40(31-18-24-37(43)25-19-31)44(39)38-26-20-35(21-27-38)41(32-10-4-1-5-11-32,33-12-6-2-7-13-33)34-14-8-3-9-15-34/h1-29H,42-43H2. The van der Waals surface area contributed by atoms with E-state index in [9.17, 15) is 0 Å². The van der Waals surface area contributed by atoms with Crippen molar-refractivity contribution in [1.29, 1.82) is 0 Å². The minimum absolute atomic E-state index is 0.501. The van der Waals surface area contributed by atoms with E-state index in [1.54, 1.807) is 0 Å². The number of nitrogen functional groups attached to an aromatic ring is 2. The fourth-order valence-corrected chi connectivity index (χ4v) is 6.40. The van der Waals surface area contributed by atoms with Gasteiger partial charge in [-0.2, -0.15) is 0 Å². The van der Waals surface area contributed by atoms with E-state index >= 15 is 0 Å². The van der Waals surface area contributed by atoms with E-state index in [1.807, 2.05) is 24.3 Å². The molecule has 0 unspecified atom stereocenters. The third-order valence-electron chi connectivity index (χ3n) is 8.47. The SMILES string of the molecule is Nc1ccc(-c2ccc(-c3ccc(N)cc3)n2-c2ccc(C(c3ccccc3)(c3ccccc3)c3ccccc3)cc2)cc1. The van der Waals surface area contributed by atoms with Gasteiger partial charge in [-0.3, -0.25) is 0 Å². The van der Waals surface area contributed by atoms with Gasteiger partial charge in [0, 0.05) is 17.1 Å². The zero-order valence-corrected chi connectivity index (χ0v) is 24.3. The van der Waals surface area contributed by atoms with Crippen LogP contribution >= 0.6 is 0 Å². The molecule has 0 spiro atoms. The van der Waals surface area contributed by atoms with Crippen molar-refractivity contribution in [3.05, 3.63) is 198 Å². The van der Waals surface area contributed by atoms with Gasteiger partial charge in [0.1, 0.15) is 0 Å². The van der Waals surface area contributed by atoms with Crippen molar-refractivity contribution in [2.24, 2.45) is 0 Å². The molecule has 0 aliphatic heterocycles. The van der Waals surface area contributed by atoms with E-state index < -0.39 is 5.41 Å². The Morgan fingerprint density at radius 1 is 0.341 bits per heavy atom. The molecule has 212 valence electrons. The van der Waals surface area contributed by atoms with Crippen molar-refractivity contribution in [2.45, 2.75) is 5.41 Å². The molecule has 7 rings (SSSR count). The van der Waals surface area contributed by atoms with E-state index in [-0.39, 0.29) is 0 Å². The van der Waals surface area contributed by atoms with Gasteiger partial charge in [-0.1, -0.05) is 127 Å². The quantitative estimate of drug-likeness (QED) is 0.149. The average molecular weight is 568 g/mol. The minimum Gasteiger partial charge on any atom is -0.399 e. The molecule has 0 aliphatic carbocycles. The van der Waals surface area contributed by atoms with Gasteiger partial charge in [-0.15, -0.1) is 0 Å². The van der Waals surface area contributed by atoms with Crippen LogP contribution < -0.4 is 11.5 Å². The third kappa shape index (κ3) is 4.75. The maximum absolute atomic E-state index is 6.05. The average Bonchev–Trinajstić information content (AvgIpc) is 3.53. The Morgan fingerprint density at radius 3 is 1.05 bits per heavy atom. The summed E-state index contributed by atoms with van der Waals surface area (Å²) in [6, 6.07) is 61.9. The molecule has 1 heterocycles. The van der Waals surface area contributed by atoms with Crippen LogP contribution in [0.25, 0.3) is 28.2 Å². The van der Waals surface area contributed by atoms with Crippen molar-refractivity contribution in [1.82, 2.24) is 4.57 Å². The summed E-state index contributed by atoms with van der Waals surface area (Å²) in [5, 5.41) is 0. The molecule has 3 nitrogen and oxygen atoms in total. The van der Waals surface area contributed by atoms with Crippen LogP contribution in [0.5, 0.6) is 0 Å². The summed E-state index contributed by atoms with van der Waals surface area (Å²) >= 11 is 0. The molecule has 0 bridgehead atoms. The Hall–Kier alpha value is -5.80. The highest BCUT2D eigenvalue weighted by Gasteiger charge is 2.38. The van der Waals surface area contributed by atoms with E-state index in [4.69, 9.17) is 11.5 Å². The molecular weight excluding hydrogens is 534 g/mol. The Balaban J connectivity index is 1.45. The molecule has 7 aromatic rings. The molecule has 0 amide bonds. The summed E-state index contributed by atoms with van der Waals surface area (Å²) in [7, 11) is 0. The normalized spacial score (nSPS) is 11.4. The summed E-state index contributed by atoms with van der Waals surface area (Å²) in [6.07, 6.45) is 0. The molecule has 0 radical (unpaired) electrons. The smallest absolute Gasteiger partial charge is 0.0701 e. The Morgan fingerprint density at radius 2 is 0.682 bits per heavy atom. The van der Waals surface area contributed by atoms with Gasteiger partial charge in [-0.25, -0.2) is 0 Å². The van der Waals surface area contributed by atoms with Gasteiger partial charge in [0.05, 0.1) is 16.8 Å². The summed E-state index contributed by atoms with van der Waals surface area (Å²) in [5.74, 6) is 0. The van der Waals surface area contributed by atoms with Gasteiger partial charge >= 0.3 is 0 Å². The Bertz CT molecular complexity index is 1810. The first-order valence-electron chi connectivity index (χ1n) is 14.9. The van der Waals surface area contributed by atoms with E-state index in [2.05, 4.69) is 156 Å². The summed E-state index contributed by atoms with van der Waals surface area (Å²) in [6.45, 7) is 0. The van der Waals surface area contributed by atoms with Crippen molar-refractivity contribution < 1.29 is 0 Å². The van der Waals surface area contributed by atoms with Gasteiger partial charge in [0.25, 0.3) is 0 Å². The second-order valence-corrected chi connectivity index (χ2v) is 11.1. The fraction of sp³-hybridized carbons (Fsp3) is 0.0244. The lowest BCUT2D eigenvalue weighted by Crippen LogP contribution is -2.31. The molecule has 44 heavy (non-hydrogen) atoms. The number of hydrogen-bond donors (Lipinski definition) is 2. The Kier molecular flexibility index (Phi) is 7.05.